The Labute approximate surface area is 147 Å². The second kappa shape index (κ2) is 8.07. The number of likely N-dealkylation sites (tertiary alicyclic amines) is 1. The maximum absolute atomic E-state index is 12.4. The van der Waals surface area contributed by atoms with E-state index in [2.05, 4.69) is 9.88 Å². The van der Waals surface area contributed by atoms with Crippen LogP contribution in [0.15, 0.2) is 5.38 Å². The number of rotatable bonds is 4. The van der Waals surface area contributed by atoms with E-state index in [1.165, 1.54) is 19.3 Å². The maximum atomic E-state index is 12.4. The van der Waals surface area contributed by atoms with Crippen LogP contribution in [0.1, 0.15) is 36.9 Å². The van der Waals surface area contributed by atoms with Crippen LogP contribution in [0.2, 0.25) is 0 Å². The van der Waals surface area contributed by atoms with Gasteiger partial charge < -0.3 is 9.80 Å². The lowest BCUT2D eigenvalue weighted by Gasteiger charge is -2.34. The number of aromatic nitrogens is 1. The molecule has 0 bridgehead atoms. The van der Waals surface area contributed by atoms with Crippen molar-refractivity contribution >= 4 is 23.2 Å². The second-order valence-electron chi connectivity index (χ2n) is 6.63. The summed E-state index contributed by atoms with van der Waals surface area (Å²) in [6, 6.07) is 0. The second-order valence-corrected chi connectivity index (χ2v) is 7.58. The summed E-state index contributed by atoms with van der Waals surface area (Å²) in [5.41, 5.74) is 0.881. The number of carbonyl (C=O) groups is 2. The third-order valence-electron chi connectivity index (χ3n) is 4.82. The highest BCUT2D eigenvalue weighted by Gasteiger charge is 2.23. The number of piperazine rings is 1. The van der Waals surface area contributed by atoms with E-state index in [9.17, 15) is 9.59 Å². The predicted octanol–water partition coefficient (Wildman–Crippen LogP) is 1.36. The molecule has 7 heteroatoms. The molecule has 0 spiro atoms. The van der Waals surface area contributed by atoms with Crippen molar-refractivity contribution in [2.75, 3.05) is 39.3 Å². The van der Waals surface area contributed by atoms with Gasteiger partial charge in [0.15, 0.2) is 0 Å². The predicted molar refractivity (Wildman–Crippen MR) is 93.8 cm³/mol. The van der Waals surface area contributed by atoms with Gasteiger partial charge >= 0.3 is 0 Å². The summed E-state index contributed by atoms with van der Waals surface area (Å²) in [5, 5.41) is 3.13. The Morgan fingerprint density at radius 1 is 1.04 bits per heavy atom. The van der Waals surface area contributed by atoms with Crippen molar-refractivity contribution in [2.24, 2.45) is 0 Å². The first-order chi connectivity index (χ1) is 11.6. The first kappa shape index (κ1) is 17.4. The van der Waals surface area contributed by atoms with E-state index in [4.69, 9.17) is 0 Å². The average molecular weight is 350 g/mol. The van der Waals surface area contributed by atoms with Crippen molar-refractivity contribution in [3.8, 4) is 0 Å². The number of carbonyl (C=O) groups excluding carboxylic acids is 2. The minimum Gasteiger partial charge on any atom is -0.339 e. The van der Waals surface area contributed by atoms with Crippen LogP contribution in [-0.4, -0.2) is 70.8 Å². The molecule has 0 aromatic carbocycles. The number of hydrogen-bond acceptors (Lipinski definition) is 5. The van der Waals surface area contributed by atoms with Gasteiger partial charge in [-0.05, 0) is 25.9 Å². The molecule has 2 saturated heterocycles. The molecule has 0 radical (unpaired) electrons. The van der Waals surface area contributed by atoms with Gasteiger partial charge in [0.25, 0.3) is 0 Å². The van der Waals surface area contributed by atoms with Gasteiger partial charge in [0.1, 0.15) is 5.01 Å². The lowest BCUT2D eigenvalue weighted by atomic mass is 10.1. The Kier molecular flexibility index (Phi) is 5.84. The monoisotopic (exact) mass is 350 g/mol. The summed E-state index contributed by atoms with van der Waals surface area (Å²) in [6.07, 6.45) is 4.27. The molecule has 2 amide bonds. The molecule has 0 N–H and O–H groups in total. The molecule has 2 fully saturated rings. The summed E-state index contributed by atoms with van der Waals surface area (Å²) in [6.45, 7) is 7.35. The fourth-order valence-electron chi connectivity index (χ4n) is 3.35. The summed E-state index contributed by atoms with van der Waals surface area (Å²) < 4.78 is 0. The van der Waals surface area contributed by atoms with Crippen molar-refractivity contribution in [1.29, 1.82) is 0 Å². The quantitative estimate of drug-likeness (QED) is 0.823. The summed E-state index contributed by atoms with van der Waals surface area (Å²) in [7, 11) is 0. The third-order valence-corrected chi connectivity index (χ3v) is 5.70. The topological polar surface area (TPSA) is 56.8 Å². The molecule has 1 aromatic rings. The van der Waals surface area contributed by atoms with Gasteiger partial charge in [0.2, 0.25) is 11.8 Å². The Balaban J connectivity index is 1.47. The minimum atomic E-state index is 0.0870. The minimum absolute atomic E-state index is 0.0870. The average Bonchev–Trinajstić information content (AvgIpc) is 3.02. The molecular formula is C17H26N4O2S. The number of thiazole rings is 1. The van der Waals surface area contributed by atoms with E-state index < -0.39 is 0 Å². The molecule has 2 aliphatic heterocycles. The SMILES string of the molecule is CC(=O)N1CCN(C(=O)Cc2csc(CN3CCCCC3)n2)CC1. The molecule has 0 unspecified atom stereocenters. The Hall–Kier alpha value is -1.47. The molecule has 1 aromatic heterocycles. The van der Waals surface area contributed by atoms with Crippen molar-refractivity contribution < 1.29 is 9.59 Å². The Morgan fingerprint density at radius 2 is 1.71 bits per heavy atom. The molecule has 0 aliphatic carbocycles. The van der Waals surface area contributed by atoms with E-state index in [0.29, 0.717) is 32.6 Å². The van der Waals surface area contributed by atoms with Crippen LogP contribution in [0.5, 0.6) is 0 Å². The van der Waals surface area contributed by atoms with Crippen LogP contribution in [-0.2, 0) is 22.6 Å². The summed E-state index contributed by atoms with van der Waals surface area (Å²) in [5.74, 6) is 0.206. The fourth-order valence-corrected chi connectivity index (χ4v) is 4.18. The van der Waals surface area contributed by atoms with Crippen molar-refractivity contribution in [2.45, 2.75) is 39.2 Å². The standard InChI is InChI=1S/C17H26N4O2S/c1-14(22)20-7-9-21(10-8-20)17(23)11-15-13-24-16(18-15)12-19-5-3-2-4-6-19/h13H,2-12H2,1H3. The smallest absolute Gasteiger partial charge is 0.228 e. The van der Waals surface area contributed by atoms with Gasteiger partial charge in [0.05, 0.1) is 18.7 Å². The molecule has 0 atom stereocenters. The van der Waals surface area contributed by atoms with Gasteiger partial charge in [-0.2, -0.15) is 0 Å². The van der Waals surface area contributed by atoms with E-state index in [1.807, 2.05) is 10.3 Å². The Bertz CT molecular complexity index is 575. The normalized spacial score (nSPS) is 19.5. The van der Waals surface area contributed by atoms with Crippen molar-refractivity contribution in [3.63, 3.8) is 0 Å². The first-order valence-corrected chi connectivity index (χ1v) is 9.69. The van der Waals surface area contributed by atoms with Crippen molar-refractivity contribution in [1.82, 2.24) is 19.7 Å². The fraction of sp³-hybridized carbons (Fsp3) is 0.706. The highest BCUT2D eigenvalue weighted by molar-refractivity contribution is 7.09. The molecule has 24 heavy (non-hydrogen) atoms. The van der Waals surface area contributed by atoms with Crippen LogP contribution in [0.3, 0.4) is 0 Å². The molecule has 2 aliphatic rings. The number of hydrogen-bond donors (Lipinski definition) is 0. The van der Waals surface area contributed by atoms with Crippen LogP contribution in [0.25, 0.3) is 0 Å². The van der Waals surface area contributed by atoms with Gasteiger partial charge in [-0.1, -0.05) is 6.42 Å². The lowest BCUT2D eigenvalue weighted by Crippen LogP contribution is -2.50. The van der Waals surface area contributed by atoms with Crippen molar-refractivity contribution in [3.05, 3.63) is 16.1 Å². The number of amides is 2. The van der Waals surface area contributed by atoms with E-state index in [1.54, 1.807) is 23.2 Å². The maximum Gasteiger partial charge on any atom is 0.228 e. The third kappa shape index (κ3) is 4.54. The van der Waals surface area contributed by atoms with Crippen LogP contribution < -0.4 is 0 Å². The molecule has 6 nitrogen and oxygen atoms in total. The molecular weight excluding hydrogens is 324 g/mol. The molecule has 3 heterocycles. The zero-order valence-electron chi connectivity index (χ0n) is 14.4. The molecule has 0 saturated carbocycles. The summed E-state index contributed by atoms with van der Waals surface area (Å²) >= 11 is 1.66. The zero-order chi connectivity index (χ0) is 16.9. The lowest BCUT2D eigenvalue weighted by molar-refractivity contribution is -0.138. The highest BCUT2D eigenvalue weighted by Crippen LogP contribution is 2.17. The Morgan fingerprint density at radius 3 is 2.38 bits per heavy atom. The molecule has 3 rings (SSSR count). The van der Waals surface area contributed by atoms with Gasteiger partial charge in [-0.15, -0.1) is 11.3 Å². The van der Waals surface area contributed by atoms with E-state index >= 15 is 0 Å². The van der Waals surface area contributed by atoms with Gasteiger partial charge in [0, 0.05) is 38.5 Å². The van der Waals surface area contributed by atoms with Gasteiger partial charge in [-0.25, -0.2) is 4.98 Å². The number of piperidine rings is 1. The van der Waals surface area contributed by atoms with Crippen LogP contribution >= 0.6 is 11.3 Å². The van der Waals surface area contributed by atoms with Gasteiger partial charge in [-0.3, -0.25) is 14.5 Å². The largest absolute Gasteiger partial charge is 0.339 e. The molecule has 132 valence electrons. The van der Waals surface area contributed by atoms with E-state index in [0.717, 1.165) is 30.3 Å². The van der Waals surface area contributed by atoms with Crippen LogP contribution in [0.4, 0.5) is 0 Å². The number of nitrogens with zero attached hydrogens (tertiary/aromatic N) is 4. The zero-order valence-corrected chi connectivity index (χ0v) is 15.2. The van der Waals surface area contributed by atoms with E-state index in [-0.39, 0.29) is 11.8 Å². The highest BCUT2D eigenvalue weighted by atomic mass is 32.1. The van der Waals surface area contributed by atoms with Crippen LogP contribution in [0, 0.1) is 0 Å². The first-order valence-electron chi connectivity index (χ1n) is 8.81. The summed E-state index contributed by atoms with van der Waals surface area (Å²) in [4.78, 5) is 34.5.